The summed E-state index contributed by atoms with van der Waals surface area (Å²) in [6, 6.07) is 17.0. The van der Waals surface area contributed by atoms with Gasteiger partial charge in [-0.15, -0.1) is 0 Å². The van der Waals surface area contributed by atoms with Crippen molar-refractivity contribution in [3.8, 4) is 17.4 Å². The molecular weight excluding hydrogens is 478 g/mol. The molecule has 7 nitrogen and oxygen atoms in total. The smallest absolute Gasteiger partial charge is 0.254 e. The van der Waals surface area contributed by atoms with Crippen LogP contribution in [0.2, 0.25) is 5.02 Å². The maximum atomic E-state index is 13.8. The number of para-hydroxylation sites is 2. The maximum Gasteiger partial charge on any atom is 0.254 e. The largest absolute Gasteiger partial charge is 0.490 e. The van der Waals surface area contributed by atoms with Gasteiger partial charge >= 0.3 is 0 Å². The number of anilines is 1. The fourth-order valence-electron chi connectivity index (χ4n) is 4.49. The number of benzene rings is 2. The van der Waals surface area contributed by atoms with E-state index in [-0.39, 0.29) is 5.91 Å². The summed E-state index contributed by atoms with van der Waals surface area (Å²) in [7, 11) is 0. The molecule has 1 saturated heterocycles. The molecule has 0 spiro atoms. The summed E-state index contributed by atoms with van der Waals surface area (Å²) in [5.41, 5.74) is 2.32. The third-order valence-electron chi connectivity index (χ3n) is 6.43. The minimum absolute atomic E-state index is 0.0394. The van der Waals surface area contributed by atoms with Crippen molar-refractivity contribution in [1.29, 1.82) is 0 Å². The van der Waals surface area contributed by atoms with Gasteiger partial charge in [-0.3, -0.25) is 4.79 Å². The SMILES string of the molecule is O=C(c1ccc(Cl)c(N2CCOCC2)c1)N1CCCCCOc2ccccc2Oc2ncccc2C1. The predicted molar refractivity (Wildman–Crippen MR) is 139 cm³/mol. The Balaban J connectivity index is 1.44. The number of carbonyl (C=O) groups excluding carboxylic acids is 1. The van der Waals surface area contributed by atoms with Crippen LogP contribution in [-0.4, -0.2) is 55.2 Å². The Labute approximate surface area is 216 Å². The molecule has 0 saturated carbocycles. The van der Waals surface area contributed by atoms with E-state index in [0.29, 0.717) is 60.9 Å². The average Bonchev–Trinajstić information content (AvgIpc) is 2.93. The number of rotatable bonds is 2. The number of aromatic nitrogens is 1. The molecule has 0 bridgehead atoms. The van der Waals surface area contributed by atoms with Crippen molar-refractivity contribution in [3.05, 3.63) is 76.9 Å². The first-order valence-corrected chi connectivity index (χ1v) is 12.8. The van der Waals surface area contributed by atoms with Crippen LogP contribution in [0.1, 0.15) is 35.2 Å². The van der Waals surface area contributed by atoms with Crippen LogP contribution in [-0.2, 0) is 11.3 Å². The van der Waals surface area contributed by atoms with Crippen molar-refractivity contribution >= 4 is 23.2 Å². The molecule has 2 aliphatic rings. The van der Waals surface area contributed by atoms with Crippen LogP contribution in [0.3, 0.4) is 0 Å². The van der Waals surface area contributed by atoms with E-state index in [2.05, 4.69) is 9.88 Å². The van der Waals surface area contributed by atoms with Crippen LogP contribution in [0.4, 0.5) is 5.69 Å². The number of halogens is 1. The van der Waals surface area contributed by atoms with E-state index in [1.807, 2.05) is 53.4 Å². The molecule has 0 N–H and O–H groups in total. The first-order valence-electron chi connectivity index (χ1n) is 12.4. The number of amides is 1. The molecule has 188 valence electrons. The molecule has 3 heterocycles. The fraction of sp³-hybridized carbons (Fsp3) is 0.357. The first kappa shape index (κ1) is 24.4. The number of morpholine rings is 1. The number of ether oxygens (including phenoxy) is 3. The molecule has 0 radical (unpaired) electrons. The van der Waals surface area contributed by atoms with Crippen molar-refractivity contribution in [1.82, 2.24) is 9.88 Å². The second kappa shape index (κ2) is 11.6. The van der Waals surface area contributed by atoms with Crippen LogP contribution in [0, 0.1) is 0 Å². The highest BCUT2D eigenvalue weighted by molar-refractivity contribution is 6.33. The summed E-state index contributed by atoms with van der Waals surface area (Å²) >= 11 is 6.52. The van der Waals surface area contributed by atoms with E-state index in [4.69, 9.17) is 25.8 Å². The Morgan fingerprint density at radius 1 is 0.889 bits per heavy atom. The van der Waals surface area contributed by atoms with Gasteiger partial charge in [0.05, 0.1) is 37.1 Å². The molecule has 0 atom stereocenters. The lowest BCUT2D eigenvalue weighted by Crippen LogP contribution is -2.37. The molecule has 2 aliphatic heterocycles. The second-order valence-corrected chi connectivity index (χ2v) is 9.33. The molecule has 1 aromatic heterocycles. The van der Waals surface area contributed by atoms with Gasteiger partial charge < -0.3 is 24.0 Å². The van der Waals surface area contributed by atoms with Crippen molar-refractivity contribution in [3.63, 3.8) is 0 Å². The third-order valence-corrected chi connectivity index (χ3v) is 6.75. The molecule has 8 heteroatoms. The van der Waals surface area contributed by atoms with Crippen molar-refractivity contribution in [2.24, 2.45) is 0 Å². The summed E-state index contributed by atoms with van der Waals surface area (Å²) < 4.78 is 17.7. The van der Waals surface area contributed by atoms with Gasteiger partial charge in [0.1, 0.15) is 0 Å². The van der Waals surface area contributed by atoms with E-state index in [1.165, 1.54) is 0 Å². The zero-order chi connectivity index (χ0) is 24.7. The topological polar surface area (TPSA) is 64.1 Å². The van der Waals surface area contributed by atoms with Crippen LogP contribution in [0.5, 0.6) is 17.4 Å². The summed E-state index contributed by atoms with van der Waals surface area (Å²) in [5.74, 6) is 1.73. The van der Waals surface area contributed by atoms with Crippen LogP contribution in [0.25, 0.3) is 0 Å². The molecule has 36 heavy (non-hydrogen) atoms. The van der Waals surface area contributed by atoms with Crippen molar-refractivity contribution in [2.75, 3.05) is 44.4 Å². The highest BCUT2D eigenvalue weighted by Crippen LogP contribution is 2.33. The lowest BCUT2D eigenvalue weighted by atomic mass is 10.1. The number of nitrogens with zero attached hydrogens (tertiary/aromatic N) is 3. The predicted octanol–water partition coefficient (Wildman–Crippen LogP) is 5.57. The Bertz CT molecular complexity index is 1200. The summed E-state index contributed by atoms with van der Waals surface area (Å²) in [5, 5.41) is 0.639. The number of hydrogen-bond donors (Lipinski definition) is 0. The summed E-state index contributed by atoms with van der Waals surface area (Å²) in [4.78, 5) is 22.3. The van der Waals surface area contributed by atoms with Crippen molar-refractivity contribution in [2.45, 2.75) is 25.8 Å². The Morgan fingerprint density at radius 2 is 1.72 bits per heavy atom. The highest BCUT2D eigenvalue weighted by atomic mass is 35.5. The Hall–Kier alpha value is -3.29. The average molecular weight is 508 g/mol. The van der Waals surface area contributed by atoms with Gasteiger partial charge in [0.25, 0.3) is 5.91 Å². The van der Waals surface area contributed by atoms with Gasteiger partial charge in [0.15, 0.2) is 11.5 Å². The standard InChI is InChI=1S/C28H30ClN3O4/c29-23-11-10-21(19-24(23)31-14-17-34-18-15-31)28(33)32-13-4-1-5-16-35-25-8-2-3-9-26(25)36-27-22(20-32)7-6-12-30-27/h2-3,6-12,19H,1,4-5,13-18,20H2. The van der Waals surface area contributed by atoms with E-state index >= 15 is 0 Å². The first-order chi connectivity index (χ1) is 17.7. The molecule has 2 aromatic carbocycles. The molecule has 0 aliphatic carbocycles. The zero-order valence-electron chi connectivity index (χ0n) is 20.2. The van der Waals surface area contributed by atoms with E-state index in [1.54, 1.807) is 12.3 Å². The van der Waals surface area contributed by atoms with Gasteiger partial charge in [0, 0.05) is 37.0 Å². The lowest BCUT2D eigenvalue weighted by molar-refractivity contribution is 0.0738. The number of pyridine rings is 1. The van der Waals surface area contributed by atoms with Gasteiger partial charge in [-0.1, -0.05) is 29.8 Å². The van der Waals surface area contributed by atoms with Crippen LogP contribution in [0.15, 0.2) is 60.8 Å². The third kappa shape index (κ3) is 5.74. The van der Waals surface area contributed by atoms with E-state index < -0.39 is 0 Å². The van der Waals surface area contributed by atoms with Gasteiger partial charge in [-0.2, -0.15) is 0 Å². The molecular formula is C28H30ClN3O4. The quantitative estimate of drug-likeness (QED) is 0.452. The monoisotopic (exact) mass is 507 g/mol. The highest BCUT2D eigenvalue weighted by Gasteiger charge is 2.22. The van der Waals surface area contributed by atoms with E-state index in [9.17, 15) is 4.79 Å². The number of fused-ring (bicyclic) bond motifs is 2. The second-order valence-electron chi connectivity index (χ2n) is 8.92. The normalized spacial score (nSPS) is 16.8. The minimum atomic E-state index is -0.0394. The zero-order valence-corrected chi connectivity index (χ0v) is 21.0. The van der Waals surface area contributed by atoms with Crippen molar-refractivity contribution < 1.29 is 19.0 Å². The fourth-order valence-corrected chi connectivity index (χ4v) is 4.73. The van der Waals surface area contributed by atoms with Gasteiger partial charge in [-0.05, 0) is 55.7 Å². The van der Waals surface area contributed by atoms with E-state index in [0.717, 1.165) is 43.6 Å². The molecule has 1 amide bonds. The maximum absolute atomic E-state index is 13.8. The summed E-state index contributed by atoms with van der Waals surface area (Å²) in [6.07, 6.45) is 4.41. The Kier molecular flexibility index (Phi) is 7.88. The molecule has 3 aromatic rings. The number of carbonyl (C=O) groups is 1. The van der Waals surface area contributed by atoms with Gasteiger partial charge in [0.2, 0.25) is 5.88 Å². The minimum Gasteiger partial charge on any atom is -0.490 e. The molecule has 5 rings (SSSR count). The van der Waals surface area contributed by atoms with Gasteiger partial charge in [-0.25, -0.2) is 4.98 Å². The lowest BCUT2D eigenvalue weighted by Gasteiger charge is -2.30. The van der Waals surface area contributed by atoms with Crippen LogP contribution < -0.4 is 14.4 Å². The Morgan fingerprint density at radius 3 is 2.58 bits per heavy atom. The molecule has 1 fully saturated rings. The number of hydrogen-bond acceptors (Lipinski definition) is 6. The summed E-state index contributed by atoms with van der Waals surface area (Å²) in [6.45, 7) is 4.40. The van der Waals surface area contributed by atoms with Crippen LogP contribution >= 0.6 is 11.6 Å². The molecule has 0 unspecified atom stereocenters.